The van der Waals surface area contributed by atoms with Crippen LogP contribution in [-0.2, 0) is 23.9 Å². The van der Waals surface area contributed by atoms with Crippen LogP contribution in [0.5, 0.6) is 0 Å². The summed E-state index contributed by atoms with van der Waals surface area (Å²) in [6.45, 7) is 3.00. The zero-order valence-electron chi connectivity index (χ0n) is 16.1. The van der Waals surface area contributed by atoms with E-state index in [0.717, 1.165) is 0 Å². The summed E-state index contributed by atoms with van der Waals surface area (Å²) >= 11 is 0. The van der Waals surface area contributed by atoms with Gasteiger partial charge in [0.25, 0.3) is 5.91 Å². The van der Waals surface area contributed by atoms with E-state index in [1.807, 2.05) is 13.8 Å². The Hall–Kier alpha value is -2.97. The molecule has 8 nitrogen and oxygen atoms in total. The van der Waals surface area contributed by atoms with E-state index < -0.39 is 30.2 Å². The number of esters is 1. The lowest BCUT2D eigenvalue weighted by molar-refractivity contribution is -0.147. The van der Waals surface area contributed by atoms with Crippen molar-refractivity contribution >= 4 is 29.4 Å². The molecule has 1 aromatic rings. The summed E-state index contributed by atoms with van der Waals surface area (Å²) in [5.74, 6) is -2.36. The number of nitrogens with zero attached hydrogens (tertiary/aromatic N) is 1. The maximum atomic E-state index is 13.1. The molecule has 0 bridgehead atoms. The van der Waals surface area contributed by atoms with Gasteiger partial charge < -0.3 is 20.7 Å². The van der Waals surface area contributed by atoms with E-state index in [9.17, 15) is 23.6 Å². The Labute approximate surface area is 163 Å². The second-order valence-corrected chi connectivity index (χ2v) is 6.61. The van der Waals surface area contributed by atoms with Crippen molar-refractivity contribution < 1.29 is 28.3 Å². The molecule has 0 radical (unpaired) electrons. The summed E-state index contributed by atoms with van der Waals surface area (Å²) in [5.41, 5.74) is 5.45. The molecule has 3 amide bonds. The Kier molecular flexibility index (Phi) is 9.63. The van der Waals surface area contributed by atoms with Crippen molar-refractivity contribution in [1.82, 2.24) is 5.32 Å². The fourth-order valence-electron chi connectivity index (χ4n) is 2.19. The first-order valence-electron chi connectivity index (χ1n) is 8.95. The summed E-state index contributed by atoms with van der Waals surface area (Å²) in [5, 5.41) is 2.43. The molecule has 0 aliphatic carbocycles. The minimum atomic E-state index is -0.764. The molecule has 154 valence electrons. The average molecular weight is 395 g/mol. The summed E-state index contributed by atoms with van der Waals surface area (Å²) in [6, 6.07) is 5.06. The van der Waals surface area contributed by atoms with Crippen LogP contribution in [0.4, 0.5) is 10.1 Å². The lowest BCUT2D eigenvalue weighted by Crippen LogP contribution is -2.38. The number of ether oxygens (including phenoxy) is 1. The van der Waals surface area contributed by atoms with E-state index in [0.29, 0.717) is 24.4 Å². The van der Waals surface area contributed by atoms with Gasteiger partial charge in [-0.1, -0.05) is 13.8 Å². The first kappa shape index (κ1) is 23.1. The van der Waals surface area contributed by atoms with Crippen molar-refractivity contribution in [2.75, 3.05) is 24.6 Å². The molecule has 1 rings (SSSR count). The molecule has 0 saturated heterocycles. The van der Waals surface area contributed by atoms with E-state index in [-0.39, 0.29) is 25.4 Å². The second-order valence-electron chi connectivity index (χ2n) is 6.61. The number of carbonyl (C=O) groups excluding carboxylic acids is 4. The van der Waals surface area contributed by atoms with Gasteiger partial charge in [-0.3, -0.25) is 19.2 Å². The molecule has 0 atom stereocenters. The van der Waals surface area contributed by atoms with Gasteiger partial charge in [0.2, 0.25) is 11.8 Å². The number of carbonyl (C=O) groups is 4. The first-order chi connectivity index (χ1) is 13.2. The van der Waals surface area contributed by atoms with Crippen LogP contribution >= 0.6 is 0 Å². The van der Waals surface area contributed by atoms with Gasteiger partial charge in [-0.05, 0) is 36.6 Å². The van der Waals surface area contributed by atoms with Crippen LogP contribution < -0.4 is 16.0 Å². The highest BCUT2D eigenvalue weighted by atomic mass is 19.1. The second kappa shape index (κ2) is 11.7. The zero-order chi connectivity index (χ0) is 21.1. The molecule has 9 heteroatoms. The molecule has 0 aliphatic heterocycles. The molecule has 28 heavy (non-hydrogen) atoms. The van der Waals surface area contributed by atoms with Crippen molar-refractivity contribution in [3.63, 3.8) is 0 Å². The molecule has 0 aliphatic rings. The predicted octanol–water partition coefficient (Wildman–Crippen LogP) is 1.13. The number of nitrogens with one attached hydrogen (secondary N) is 1. The molecule has 0 spiro atoms. The van der Waals surface area contributed by atoms with Gasteiger partial charge in [0.1, 0.15) is 12.4 Å². The Morgan fingerprint density at radius 2 is 1.79 bits per heavy atom. The maximum Gasteiger partial charge on any atom is 0.325 e. The lowest BCUT2D eigenvalue weighted by Gasteiger charge is -2.22. The summed E-state index contributed by atoms with van der Waals surface area (Å²) in [6.07, 6.45) is 0.893. The van der Waals surface area contributed by atoms with Crippen LogP contribution in [0.3, 0.4) is 0 Å². The largest absolute Gasteiger partial charge is 0.454 e. The molecule has 0 fully saturated rings. The molecule has 1 aromatic carbocycles. The van der Waals surface area contributed by atoms with Gasteiger partial charge >= 0.3 is 5.97 Å². The normalized spacial score (nSPS) is 10.4. The molecular formula is C19H26FN3O5. The van der Waals surface area contributed by atoms with Crippen LogP contribution in [0, 0.1) is 11.7 Å². The number of rotatable bonds is 11. The molecule has 0 heterocycles. The van der Waals surface area contributed by atoms with Gasteiger partial charge in [-0.15, -0.1) is 0 Å². The number of benzene rings is 1. The van der Waals surface area contributed by atoms with Crippen molar-refractivity contribution in [1.29, 1.82) is 0 Å². The van der Waals surface area contributed by atoms with E-state index in [1.54, 1.807) is 0 Å². The molecule has 0 saturated carbocycles. The minimum absolute atomic E-state index is 0.0384. The average Bonchev–Trinajstić information content (AvgIpc) is 2.64. The highest BCUT2D eigenvalue weighted by Gasteiger charge is 2.19. The third-order valence-electron chi connectivity index (χ3n) is 3.76. The number of halogens is 1. The molecule has 0 unspecified atom stereocenters. The van der Waals surface area contributed by atoms with Crippen molar-refractivity contribution in [3.8, 4) is 0 Å². The first-order valence-corrected chi connectivity index (χ1v) is 8.95. The number of amides is 3. The summed E-state index contributed by atoms with van der Waals surface area (Å²) < 4.78 is 18.0. The van der Waals surface area contributed by atoms with Crippen LogP contribution in [0.2, 0.25) is 0 Å². The Morgan fingerprint density at radius 1 is 1.14 bits per heavy atom. The zero-order valence-corrected chi connectivity index (χ0v) is 16.1. The number of nitrogens with two attached hydrogens (primary N) is 1. The molecule has 3 N–H and O–H groups in total. The van der Waals surface area contributed by atoms with Crippen LogP contribution in [0.15, 0.2) is 24.3 Å². The number of hydrogen-bond donors (Lipinski definition) is 2. The number of anilines is 1. The lowest BCUT2D eigenvalue weighted by atomic mass is 10.1. The summed E-state index contributed by atoms with van der Waals surface area (Å²) in [7, 11) is 0. The Balaban J connectivity index is 2.55. The van der Waals surface area contributed by atoms with Crippen molar-refractivity contribution in [2.24, 2.45) is 11.7 Å². The van der Waals surface area contributed by atoms with Gasteiger partial charge in [0.05, 0.1) is 0 Å². The predicted molar refractivity (Wildman–Crippen MR) is 101 cm³/mol. The molecule has 0 aromatic heterocycles. The van der Waals surface area contributed by atoms with Gasteiger partial charge in [0, 0.05) is 25.1 Å². The Morgan fingerprint density at radius 3 is 2.36 bits per heavy atom. The fraction of sp³-hybridized carbons (Fsp3) is 0.474. The van der Waals surface area contributed by atoms with Gasteiger partial charge in [-0.2, -0.15) is 0 Å². The smallest absolute Gasteiger partial charge is 0.325 e. The highest BCUT2D eigenvalue weighted by Crippen LogP contribution is 2.15. The van der Waals surface area contributed by atoms with Crippen LogP contribution in [0.1, 0.15) is 33.1 Å². The SMILES string of the molecule is CC(C)CCC(=O)NCC(=O)OCC(=O)N(CCC(N)=O)c1ccc(F)cc1. The summed E-state index contributed by atoms with van der Waals surface area (Å²) in [4.78, 5) is 47.9. The standard InChI is InChI=1S/C19H26FN3O5/c1-13(2)3-8-17(25)22-11-19(27)28-12-18(26)23(10-9-16(21)24)15-6-4-14(20)5-7-15/h4-7,13H,3,8-12H2,1-2H3,(H2,21,24)(H,22,25). The third-order valence-corrected chi connectivity index (χ3v) is 3.76. The number of primary amides is 1. The van der Waals surface area contributed by atoms with E-state index in [1.165, 1.54) is 29.2 Å². The maximum absolute atomic E-state index is 13.1. The number of hydrogen-bond acceptors (Lipinski definition) is 5. The van der Waals surface area contributed by atoms with E-state index in [2.05, 4.69) is 5.32 Å². The minimum Gasteiger partial charge on any atom is -0.454 e. The monoisotopic (exact) mass is 395 g/mol. The third kappa shape index (κ3) is 9.11. The van der Waals surface area contributed by atoms with E-state index in [4.69, 9.17) is 10.5 Å². The van der Waals surface area contributed by atoms with Crippen molar-refractivity contribution in [2.45, 2.75) is 33.1 Å². The van der Waals surface area contributed by atoms with Gasteiger partial charge in [0.15, 0.2) is 6.61 Å². The van der Waals surface area contributed by atoms with Crippen LogP contribution in [0.25, 0.3) is 0 Å². The van der Waals surface area contributed by atoms with E-state index >= 15 is 0 Å². The topological polar surface area (TPSA) is 119 Å². The van der Waals surface area contributed by atoms with Gasteiger partial charge in [-0.25, -0.2) is 4.39 Å². The highest BCUT2D eigenvalue weighted by molar-refractivity contribution is 5.96. The fourth-order valence-corrected chi connectivity index (χ4v) is 2.19. The van der Waals surface area contributed by atoms with Crippen molar-refractivity contribution in [3.05, 3.63) is 30.1 Å². The van der Waals surface area contributed by atoms with Crippen LogP contribution in [-0.4, -0.2) is 43.4 Å². The molecular weight excluding hydrogens is 369 g/mol. The quantitative estimate of drug-likeness (QED) is 0.545. The Bertz CT molecular complexity index is 691.